The molecule has 90 valence electrons. The summed E-state index contributed by atoms with van der Waals surface area (Å²) in [6.45, 7) is 1.91. The molecule has 0 saturated carbocycles. The average Bonchev–Trinajstić information content (AvgIpc) is 2.80. The Kier molecular flexibility index (Phi) is 3.30. The van der Waals surface area contributed by atoms with Crippen LogP contribution in [0.15, 0.2) is 9.98 Å². The van der Waals surface area contributed by atoms with E-state index in [-0.39, 0.29) is 0 Å². The molecule has 0 fully saturated rings. The second-order valence-corrected chi connectivity index (χ2v) is 5.90. The van der Waals surface area contributed by atoms with Crippen LogP contribution in [0.3, 0.4) is 0 Å². The molecule has 17 heavy (non-hydrogen) atoms. The van der Waals surface area contributed by atoms with Gasteiger partial charge in [-0.1, -0.05) is 0 Å². The van der Waals surface area contributed by atoms with E-state index < -0.39 is 5.97 Å². The van der Waals surface area contributed by atoms with E-state index in [0.29, 0.717) is 11.3 Å². The maximum Gasteiger partial charge on any atom is 0.357 e. The fraction of sp³-hybridized carbons (Fsp3) is 0.300. The van der Waals surface area contributed by atoms with Crippen molar-refractivity contribution in [3.05, 3.63) is 20.7 Å². The third-order valence-electron chi connectivity index (χ3n) is 2.27. The molecule has 2 heterocycles. The minimum atomic E-state index is -0.419. The summed E-state index contributed by atoms with van der Waals surface area (Å²) in [5, 5.41) is 4.99. The zero-order valence-electron chi connectivity index (χ0n) is 9.52. The maximum absolute atomic E-state index is 11.7. The Hall–Kier alpha value is -1.21. The highest BCUT2D eigenvalue weighted by Crippen LogP contribution is 2.34. The molecule has 2 rings (SSSR count). The summed E-state index contributed by atoms with van der Waals surface area (Å²) < 4.78 is 7.12. The third kappa shape index (κ3) is 2.12. The zero-order chi connectivity index (χ0) is 12.6. The molecule has 2 aromatic rings. The molecule has 0 spiro atoms. The van der Waals surface area contributed by atoms with Gasteiger partial charge < -0.3 is 4.74 Å². The molecule has 0 aromatic carbocycles. The fourth-order valence-corrected chi connectivity index (χ4v) is 3.17. The van der Waals surface area contributed by atoms with Crippen LogP contribution in [-0.4, -0.2) is 27.8 Å². The highest BCUT2D eigenvalue weighted by Gasteiger charge is 2.22. The summed E-state index contributed by atoms with van der Waals surface area (Å²) >= 11 is 4.95. The van der Waals surface area contributed by atoms with Gasteiger partial charge in [-0.15, -0.1) is 11.3 Å². The lowest BCUT2D eigenvalue weighted by Crippen LogP contribution is -2.09. The molecule has 0 aliphatic heterocycles. The topological polar surface area (TPSA) is 57.0 Å². The van der Waals surface area contributed by atoms with E-state index in [4.69, 9.17) is 4.74 Å². The number of hydrogen-bond acceptors (Lipinski definition) is 5. The first-order chi connectivity index (χ1) is 8.04. The number of methoxy groups -OCH3 is 1. The number of carbonyl (C=O) groups excluding carboxylic acids is 1. The second kappa shape index (κ2) is 4.58. The van der Waals surface area contributed by atoms with Crippen molar-refractivity contribution in [2.75, 3.05) is 7.11 Å². The van der Waals surface area contributed by atoms with Crippen molar-refractivity contribution >= 4 is 33.2 Å². The van der Waals surface area contributed by atoms with E-state index in [9.17, 15) is 4.79 Å². The number of aromatic nitrogens is 3. The van der Waals surface area contributed by atoms with Crippen LogP contribution in [-0.2, 0) is 11.8 Å². The normalized spacial score (nSPS) is 10.6. The smallest absolute Gasteiger partial charge is 0.357 e. The van der Waals surface area contributed by atoms with Gasteiger partial charge in [-0.2, -0.15) is 5.10 Å². The van der Waals surface area contributed by atoms with Crippen LogP contribution in [0.4, 0.5) is 0 Å². The zero-order valence-corrected chi connectivity index (χ0v) is 11.9. The van der Waals surface area contributed by atoms with E-state index in [1.807, 2.05) is 6.92 Å². The highest BCUT2D eigenvalue weighted by molar-refractivity contribution is 9.11. The van der Waals surface area contributed by atoms with Gasteiger partial charge in [0, 0.05) is 7.05 Å². The van der Waals surface area contributed by atoms with Gasteiger partial charge in [0.15, 0.2) is 5.69 Å². The van der Waals surface area contributed by atoms with Crippen molar-refractivity contribution in [1.82, 2.24) is 14.8 Å². The molecular formula is C10H10BrN3O2S. The Labute approximate surface area is 111 Å². The van der Waals surface area contributed by atoms with Crippen molar-refractivity contribution in [2.24, 2.45) is 7.05 Å². The van der Waals surface area contributed by atoms with Gasteiger partial charge in [0.2, 0.25) is 0 Å². The third-order valence-corrected chi connectivity index (χ3v) is 3.89. The van der Waals surface area contributed by atoms with Gasteiger partial charge in [0.25, 0.3) is 0 Å². The predicted octanol–water partition coefficient (Wildman–Crippen LogP) is 2.40. The summed E-state index contributed by atoms with van der Waals surface area (Å²) in [5.74, 6) is -0.419. The lowest BCUT2D eigenvalue weighted by atomic mass is 10.2. The molecule has 5 nitrogen and oxygen atoms in total. The van der Waals surface area contributed by atoms with Crippen LogP contribution in [0.5, 0.6) is 0 Å². The first-order valence-corrected chi connectivity index (χ1v) is 6.39. The van der Waals surface area contributed by atoms with Crippen LogP contribution in [0.2, 0.25) is 0 Å². The number of thiazole rings is 1. The molecule has 0 bridgehead atoms. The van der Waals surface area contributed by atoms with Crippen LogP contribution < -0.4 is 0 Å². The Morgan fingerprint density at radius 1 is 1.59 bits per heavy atom. The highest BCUT2D eigenvalue weighted by atomic mass is 79.9. The van der Waals surface area contributed by atoms with E-state index in [1.54, 1.807) is 13.2 Å². The van der Waals surface area contributed by atoms with Crippen molar-refractivity contribution in [2.45, 2.75) is 6.92 Å². The Morgan fingerprint density at radius 2 is 2.29 bits per heavy atom. The summed E-state index contributed by atoms with van der Waals surface area (Å²) in [5.41, 5.74) is 1.80. The van der Waals surface area contributed by atoms with E-state index in [1.165, 1.54) is 23.1 Å². The molecule has 0 saturated heterocycles. The first kappa shape index (κ1) is 12.3. The van der Waals surface area contributed by atoms with Gasteiger partial charge in [-0.05, 0) is 22.9 Å². The standard InChI is InChI=1S/C10H10BrN3O2S/c1-5-13-7(9(11)17-5)6-4-12-14(2)8(6)10(15)16-3/h4H,1-3H3. The van der Waals surface area contributed by atoms with Crippen LogP contribution in [0.1, 0.15) is 15.5 Å². The molecule has 7 heteroatoms. The van der Waals surface area contributed by atoms with Crippen molar-refractivity contribution in [3.8, 4) is 11.3 Å². The van der Waals surface area contributed by atoms with Crippen LogP contribution in [0.25, 0.3) is 11.3 Å². The lowest BCUT2D eigenvalue weighted by molar-refractivity contribution is 0.0589. The van der Waals surface area contributed by atoms with E-state index in [2.05, 4.69) is 26.0 Å². The number of rotatable bonds is 2. The van der Waals surface area contributed by atoms with Gasteiger partial charge >= 0.3 is 5.97 Å². The first-order valence-electron chi connectivity index (χ1n) is 4.78. The molecule has 0 aliphatic carbocycles. The number of esters is 1. The van der Waals surface area contributed by atoms with Crippen LogP contribution in [0, 0.1) is 6.92 Å². The van der Waals surface area contributed by atoms with E-state index >= 15 is 0 Å². The van der Waals surface area contributed by atoms with E-state index in [0.717, 1.165) is 14.5 Å². The Morgan fingerprint density at radius 3 is 2.82 bits per heavy atom. The molecule has 0 unspecified atom stereocenters. The monoisotopic (exact) mass is 315 g/mol. The Bertz CT molecular complexity index is 576. The largest absolute Gasteiger partial charge is 0.464 e. The van der Waals surface area contributed by atoms with Gasteiger partial charge in [0.1, 0.15) is 0 Å². The SMILES string of the molecule is COC(=O)c1c(-c2nc(C)sc2Br)cnn1C. The average molecular weight is 316 g/mol. The number of carbonyl (C=O) groups is 1. The Balaban J connectivity index is 2.60. The number of aryl methyl sites for hydroxylation is 2. The van der Waals surface area contributed by atoms with Gasteiger partial charge in [-0.25, -0.2) is 9.78 Å². The number of nitrogens with zero attached hydrogens (tertiary/aromatic N) is 3. The maximum atomic E-state index is 11.7. The summed E-state index contributed by atoms with van der Waals surface area (Å²) in [6.07, 6.45) is 1.62. The lowest BCUT2D eigenvalue weighted by Gasteiger charge is -2.02. The number of halogens is 1. The minimum Gasteiger partial charge on any atom is -0.464 e. The molecule has 0 radical (unpaired) electrons. The molecule has 0 N–H and O–H groups in total. The molecule has 0 atom stereocenters. The van der Waals surface area contributed by atoms with Crippen molar-refractivity contribution in [1.29, 1.82) is 0 Å². The van der Waals surface area contributed by atoms with Gasteiger partial charge in [0.05, 0.1) is 33.4 Å². The van der Waals surface area contributed by atoms with Crippen molar-refractivity contribution in [3.63, 3.8) is 0 Å². The number of ether oxygens (including phenoxy) is 1. The molecule has 2 aromatic heterocycles. The quantitative estimate of drug-likeness (QED) is 0.798. The summed E-state index contributed by atoms with van der Waals surface area (Å²) in [6, 6.07) is 0. The fourth-order valence-electron chi connectivity index (χ4n) is 1.52. The van der Waals surface area contributed by atoms with Crippen molar-refractivity contribution < 1.29 is 9.53 Å². The predicted molar refractivity (Wildman–Crippen MR) is 68.1 cm³/mol. The van der Waals surface area contributed by atoms with Gasteiger partial charge in [-0.3, -0.25) is 4.68 Å². The molecule has 0 aliphatic rings. The second-order valence-electron chi connectivity index (χ2n) is 3.38. The molecular weight excluding hydrogens is 306 g/mol. The number of hydrogen-bond donors (Lipinski definition) is 0. The minimum absolute atomic E-state index is 0.401. The summed E-state index contributed by atoms with van der Waals surface area (Å²) in [7, 11) is 3.04. The summed E-state index contributed by atoms with van der Waals surface area (Å²) in [4.78, 5) is 16.1. The van der Waals surface area contributed by atoms with Crippen LogP contribution >= 0.6 is 27.3 Å². The molecule has 0 amide bonds.